The first-order valence-corrected chi connectivity index (χ1v) is 3.32. The van der Waals surface area contributed by atoms with Crippen LogP contribution in [0.15, 0.2) is 0 Å². The van der Waals surface area contributed by atoms with Crippen LogP contribution in [0.25, 0.3) is 0 Å². The summed E-state index contributed by atoms with van der Waals surface area (Å²) in [6.45, 7) is 0. The van der Waals surface area contributed by atoms with E-state index < -0.39 is 30.4 Å². The monoisotopic (exact) mass is 217 g/mol. The Balaban J connectivity index is 0. The zero-order valence-corrected chi connectivity index (χ0v) is 9.44. The molecule has 0 aliphatic heterocycles. The van der Waals surface area contributed by atoms with Crippen LogP contribution < -0.4 is 0 Å². The molecule has 8 heteroatoms. The third-order valence-corrected chi connectivity index (χ3v) is 1.42. The third-order valence-electron chi connectivity index (χ3n) is 1.42. The van der Waals surface area contributed by atoms with Gasteiger partial charge in [-0.1, -0.05) is 0 Å². The van der Waals surface area contributed by atoms with Crippen LogP contribution in [0.4, 0.5) is 0 Å². The van der Waals surface area contributed by atoms with Crippen LogP contribution in [0.5, 0.6) is 0 Å². The minimum Gasteiger partial charge on any atom is -0.479 e. The van der Waals surface area contributed by atoms with Crippen molar-refractivity contribution in [1.82, 2.24) is 0 Å². The number of aliphatic hydroxyl groups excluding tert-OH is 4. The predicted molar refractivity (Wildman–Crippen MR) is 43.5 cm³/mol. The van der Waals surface area contributed by atoms with Crippen molar-refractivity contribution in [3.05, 3.63) is 0 Å². The van der Waals surface area contributed by atoms with E-state index in [0.717, 1.165) is 0 Å². The molecular formula is C6H10NaO7. The number of aliphatic hydroxyl groups is 4. The van der Waals surface area contributed by atoms with Crippen molar-refractivity contribution < 1.29 is 35.1 Å². The molecule has 0 fully saturated rings. The van der Waals surface area contributed by atoms with Crippen LogP contribution in [0.2, 0.25) is 0 Å². The molecular weight excluding hydrogens is 207 g/mol. The summed E-state index contributed by atoms with van der Waals surface area (Å²) in [5, 5.41) is 43.2. The van der Waals surface area contributed by atoms with E-state index in [0.29, 0.717) is 0 Å². The van der Waals surface area contributed by atoms with Crippen molar-refractivity contribution in [3.8, 4) is 0 Å². The summed E-state index contributed by atoms with van der Waals surface area (Å²) in [5.74, 6) is -1.76. The van der Waals surface area contributed by atoms with Crippen LogP contribution >= 0.6 is 0 Å². The number of hydrogen-bond donors (Lipinski definition) is 5. The Kier molecular flexibility index (Phi) is 8.55. The summed E-state index contributed by atoms with van der Waals surface area (Å²) >= 11 is 0. The van der Waals surface area contributed by atoms with Gasteiger partial charge in [0.25, 0.3) is 0 Å². The van der Waals surface area contributed by atoms with Gasteiger partial charge in [-0.05, 0) is 0 Å². The van der Waals surface area contributed by atoms with Crippen molar-refractivity contribution in [2.24, 2.45) is 0 Å². The Morgan fingerprint density at radius 1 is 1.07 bits per heavy atom. The second kappa shape index (κ2) is 7.30. The van der Waals surface area contributed by atoms with Gasteiger partial charge in [-0.15, -0.1) is 0 Å². The maximum absolute atomic E-state index is 10.1. The van der Waals surface area contributed by atoms with Gasteiger partial charge in [-0.2, -0.15) is 0 Å². The molecule has 0 heterocycles. The van der Waals surface area contributed by atoms with Crippen molar-refractivity contribution in [3.63, 3.8) is 0 Å². The van der Waals surface area contributed by atoms with E-state index in [1.54, 1.807) is 0 Å². The van der Waals surface area contributed by atoms with Gasteiger partial charge in [0, 0.05) is 29.6 Å². The van der Waals surface area contributed by atoms with Crippen molar-refractivity contribution in [1.29, 1.82) is 0 Å². The smallest absolute Gasteiger partial charge is 0.335 e. The number of carboxylic acid groups (broad SMARTS) is 1. The van der Waals surface area contributed by atoms with Gasteiger partial charge in [0.2, 0.25) is 0 Å². The van der Waals surface area contributed by atoms with Gasteiger partial charge in [-0.25, -0.2) is 4.79 Å². The maximum atomic E-state index is 10.1. The Labute approximate surface area is 101 Å². The zero-order chi connectivity index (χ0) is 10.6. The number of carbonyl (C=O) groups excluding carboxylic acids is 1. The van der Waals surface area contributed by atoms with E-state index in [1.165, 1.54) is 0 Å². The number of hydrogen-bond acceptors (Lipinski definition) is 6. The summed E-state index contributed by atoms with van der Waals surface area (Å²) in [4.78, 5) is 20.0. The van der Waals surface area contributed by atoms with Crippen molar-refractivity contribution in [2.75, 3.05) is 0 Å². The van der Waals surface area contributed by atoms with Gasteiger partial charge in [0.1, 0.15) is 18.3 Å². The normalized spacial score (nSPS) is 18.6. The molecule has 0 saturated carbocycles. The molecule has 0 aliphatic carbocycles. The SMILES string of the molecule is O=C[C@@H](O)[C@@H](O)[C@H](O)[C@H](O)C(=O)O.[Na]. The largest absolute Gasteiger partial charge is 0.479 e. The fraction of sp³-hybridized carbons (Fsp3) is 0.667. The second-order valence-electron chi connectivity index (χ2n) is 2.39. The molecule has 7 nitrogen and oxygen atoms in total. The van der Waals surface area contributed by atoms with Crippen molar-refractivity contribution >= 4 is 41.8 Å². The van der Waals surface area contributed by atoms with E-state index in [1.807, 2.05) is 0 Å². The topological polar surface area (TPSA) is 135 Å². The van der Waals surface area contributed by atoms with Gasteiger partial charge < -0.3 is 30.3 Å². The molecule has 5 N–H and O–H groups in total. The first kappa shape index (κ1) is 16.4. The fourth-order valence-corrected chi connectivity index (χ4v) is 0.615. The molecule has 0 unspecified atom stereocenters. The zero-order valence-electron chi connectivity index (χ0n) is 7.44. The number of aliphatic carboxylic acids is 1. The molecule has 0 bridgehead atoms. The maximum Gasteiger partial charge on any atom is 0.335 e. The van der Waals surface area contributed by atoms with Crippen molar-refractivity contribution in [2.45, 2.75) is 24.4 Å². The third kappa shape index (κ3) is 4.47. The summed E-state index contributed by atoms with van der Waals surface area (Å²) < 4.78 is 0. The van der Waals surface area contributed by atoms with Gasteiger partial charge in [-0.3, -0.25) is 0 Å². The van der Waals surface area contributed by atoms with Gasteiger partial charge in [0.05, 0.1) is 0 Å². The molecule has 14 heavy (non-hydrogen) atoms. The molecule has 1 radical (unpaired) electrons. The fourth-order valence-electron chi connectivity index (χ4n) is 0.615. The average molecular weight is 217 g/mol. The molecule has 0 aromatic heterocycles. The van der Waals surface area contributed by atoms with Crippen LogP contribution in [0, 0.1) is 0 Å². The molecule has 0 aromatic rings. The summed E-state index contributed by atoms with van der Waals surface area (Å²) in [5.41, 5.74) is 0. The Bertz CT molecular complexity index is 197. The Morgan fingerprint density at radius 2 is 1.50 bits per heavy atom. The quantitative estimate of drug-likeness (QED) is 0.236. The van der Waals surface area contributed by atoms with E-state index in [-0.39, 0.29) is 35.8 Å². The molecule has 0 aliphatic rings. The molecule has 77 valence electrons. The molecule has 0 aromatic carbocycles. The average Bonchev–Trinajstić information content (AvgIpc) is 2.12. The number of carbonyl (C=O) groups is 2. The standard InChI is InChI=1S/C6H10O7.Na/c7-1-2(8)3(9)4(10)5(11)6(12)13;/h1-5,8-11H,(H,12,13);/t2-,3-,4+,5+;/m1./s1. The molecule has 0 rings (SSSR count). The minimum atomic E-state index is -2.25. The number of aldehydes is 1. The molecule has 4 atom stereocenters. The van der Waals surface area contributed by atoms with E-state index in [9.17, 15) is 9.59 Å². The van der Waals surface area contributed by atoms with Crippen LogP contribution in [0.3, 0.4) is 0 Å². The van der Waals surface area contributed by atoms with Crippen LogP contribution in [0.1, 0.15) is 0 Å². The molecule has 0 amide bonds. The predicted octanol–water partition coefficient (Wildman–Crippen LogP) is -3.67. The molecule has 0 spiro atoms. The van der Waals surface area contributed by atoms with Crippen LogP contribution in [-0.4, -0.2) is 91.8 Å². The summed E-state index contributed by atoms with van der Waals surface area (Å²) in [6.07, 6.45) is -8.39. The minimum absolute atomic E-state index is 0. The van der Waals surface area contributed by atoms with E-state index in [4.69, 9.17) is 25.5 Å². The van der Waals surface area contributed by atoms with Gasteiger partial charge in [0.15, 0.2) is 12.4 Å². The number of rotatable bonds is 5. The summed E-state index contributed by atoms with van der Waals surface area (Å²) in [6, 6.07) is 0. The summed E-state index contributed by atoms with van der Waals surface area (Å²) in [7, 11) is 0. The van der Waals surface area contributed by atoms with Gasteiger partial charge >= 0.3 is 5.97 Å². The second-order valence-corrected chi connectivity index (χ2v) is 2.39. The van der Waals surface area contributed by atoms with E-state index in [2.05, 4.69) is 0 Å². The Morgan fingerprint density at radius 3 is 1.79 bits per heavy atom. The Hall–Kier alpha value is -0.0200. The first-order chi connectivity index (χ1) is 5.91. The van der Waals surface area contributed by atoms with E-state index >= 15 is 0 Å². The number of carboxylic acids is 1. The first-order valence-electron chi connectivity index (χ1n) is 3.32. The van der Waals surface area contributed by atoms with Crippen LogP contribution in [-0.2, 0) is 9.59 Å². The molecule has 0 saturated heterocycles.